The Morgan fingerprint density at radius 1 is 1.73 bits per heavy atom. The van der Waals surface area contributed by atoms with Gasteiger partial charge in [-0.2, -0.15) is 5.26 Å². The molecule has 0 rings (SSSR count). The molecule has 4 heteroatoms. The Kier molecular flexibility index (Phi) is 6.09. The molecular formula is C7H14N2OS. The van der Waals surface area contributed by atoms with Gasteiger partial charge in [-0.1, -0.05) is 6.92 Å². The van der Waals surface area contributed by atoms with Gasteiger partial charge in [-0.25, -0.2) is 0 Å². The molecule has 2 atom stereocenters. The molecule has 0 radical (unpaired) electrons. The van der Waals surface area contributed by atoms with Crippen LogP contribution in [0.4, 0.5) is 0 Å². The molecule has 0 amide bonds. The fraction of sp³-hybridized carbons (Fsp3) is 0.857. The first-order valence-corrected chi connectivity index (χ1v) is 5.17. The Hall–Kier alpha value is -0.400. The quantitative estimate of drug-likeness (QED) is 0.650. The Morgan fingerprint density at radius 2 is 2.36 bits per heavy atom. The van der Waals surface area contributed by atoms with Gasteiger partial charge in [0.1, 0.15) is 0 Å². The Balaban J connectivity index is 3.29. The number of hydrogen-bond donors (Lipinski definition) is 1. The molecule has 0 spiro atoms. The molecule has 2 unspecified atom stereocenters. The average Bonchev–Trinajstić information content (AvgIpc) is 2.04. The monoisotopic (exact) mass is 174 g/mol. The molecule has 0 heterocycles. The summed E-state index contributed by atoms with van der Waals surface area (Å²) in [6.07, 6.45) is 0. The van der Waals surface area contributed by atoms with Gasteiger partial charge in [-0.15, -0.1) is 0 Å². The van der Waals surface area contributed by atoms with Crippen molar-refractivity contribution in [3.63, 3.8) is 0 Å². The zero-order chi connectivity index (χ0) is 8.69. The lowest BCUT2D eigenvalue weighted by Crippen LogP contribution is -2.28. The molecule has 0 aromatic heterocycles. The molecule has 0 aliphatic carbocycles. The maximum atomic E-state index is 10.9. The number of nitrogens with one attached hydrogen (secondary N) is 1. The maximum Gasteiger partial charge on any atom is 0.0924 e. The summed E-state index contributed by atoms with van der Waals surface area (Å²) in [4.78, 5) is 0. The molecule has 1 N–H and O–H groups in total. The minimum Gasteiger partial charge on any atom is -0.301 e. The summed E-state index contributed by atoms with van der Waals surface area (Å²) < 4.78 is 10.9. The topological polar surface area (TPSA) is 52.9 Å². The van der Waals surface area contributed by atoms with Gasteiger partial charge in [-0.3, -0.25) is 4.21 Å². The normalized spacial score (nSPS) is 15.4. The lowest BCUT2D eigenvalue weighted by atomic mass is 10.4. The van der Waals surface area contributed by atoms with Gasteiger partial charge < -0.3 is 5.32 Å². The van der Waals surface area contributed by atoms with Crippen LogP contribution in [0, 0.1) is 11.3 Å². The number of hydrogen-bond acceptors (Lipinski definition) is 3. The van der Waals surface area contributed by atoms with Crippen LogP contribution in [-0.2, 0) is 10.8 Å². The van der Waals surface area contributed by atoms with E-state index in [4.69, 9.17) is 5.26 Å². The highest BCUT2D eigenvalue weighted by molar-refractivity contribution is 7.84. The van der Waals surface area contributed by atoms with E-state index >= 15 is 0 Å². The molecule has 64 valence electrons. The van der Waals surface area contributed by atoms with Crippen molar-refractivity contribution in [3.8, 4) is 6.07 Å². The first-order chi connectivity index (χ1) is 5.20. The molecule has 0 aromatic rings. The van der Waals surface area contributed by atoms with Gasteiger partial charge in [0, 0.05) is 28.9 Å². The van der Waals surface area contributed by atoms with Gasteiger partial charge in [0.25, 0.3) is 0 Å². The fourth-order valence-electron chi connectivity index (χ4n) is 0.579. The SMILES string of the molecule is CCS(=O)CCNC(C)C#N. The molecule has 0 saturated carbocycles. The highest BCUT2D eigenvalue weighted by Gasteiger charge is 1.98. The third-order valence-corrected chi connectivity index (χ3v) is 2.60. The van der Waals surface area contributed by atoms with E-state index in [1.807, 2.05) is 13.0 Å². The van der Waals surface area contributed by atoms with E-state index in [0.29, 0.717) is 18.1 Å². The summed E-state index contributed by atoms with van der Waals surface area (Å²) in [5, 5.41) is 11.3. The van der Waals surface area contributed by atoms with Crippen LogP contribution in [0.2, 0.25) is 0 Å². The summed E-state index contributed by atoms with van der Waals surface area (Å²) in [5.74, 6) is 1.34. The first-order valence-electron chi connectivity index (χ1n) is 3.68. The van der Waals surface area contributed by atoms with Crippen molar-refractivity contribution in [1.82, 2.24) is 5.32 Å². The summed E-state index contributed by atoms with van der Waals surface area (Å²) in [5.41, 5.74) is 0. The Labute approximate surface area is 70.2 Å². The summed E-state index contributed by atoms with van der Waals surface area (Å²) in [6.45, 7) is 4.34. The molecule has 0 aliphatic heterocycles. The van der Waals surface area contributed by atoms with Crippen LogP contribution in [0.5, 0.6) is 0 Å². The lowest BCUT2D eigenvalue weighted by molar-refractivity contribution is 0.656. The predicted molar refractivity (Wildman–Crippen MR) is 46.6 cm³/mol. The second-order valence-electron chi connectivity index (χ2n) is 2.24. The Bertz CT molecular complexity index is 164. The molecular weight excluding hydrogens is 160 g/mol. The third-order valence-electron chi connectivity index (χ3n) is 1.30. The summed E-state index contributed by atoms with van der Waals surface area (Å²) in [6, 6.07) is 1.91. The van der Waals surface area contributed by atoms with E-state index < -0.39 is 10.8 Å². The van der Waals surface area contributed by atoms with E-state index in [9.17, 15) is 4.21 Å². The largest absolute Gasteiger partial charge is 0.301 e. The number of nitrogens with zero attached hydrogens (tertiary/aromatic N) is 1. The zero-order valence-electron chi connectivity index (χ0n) is 6.96. The lowest BCUT2D eigenvalue weighted by Gasteiger charge is -2.03. The fourth-order valence-corrected chi connectivity index (χ4v) is 1.21. The number of rotatable bonds is 5. The zero-order valence-corrected chi connectivity index (χ0v) is 7.78. The van der Waals surface area contributed by atoms with Gasteiger partial charge in [0.15, 0.2) is 0 Å². The van der Waals surface area contributed by atoms with Gasteiger partial charge in [0.2, 0.25) is 0 Å². The van der Waals surface area contributed by atoms with E-state index in [1.165, 1.54) is 0 Å². The Morgan fingerprint density at radius 3 is 2.82 bits per heavy atom. The van der Waals surface area contributed by atoms with E-state index in [0.717, 1.165) is 0 Å². The first kappa shape index (κ1) is 10.6. The molecule has 0 fully saturated rings. The minimum absolute atomic E-state index is 0.135. The van der Waals surface area contributed by atoms with Crippen LogP contribution < -0.4 is 5.32 Å². The van der Waals surface area contributed by atoms with Gasteiger partial charge in [0.05, 0.1) is 12.1 Å². The van der Waals surface area contributed by atoms with Crippen molar-refractivity contribution in [2.45, 2.75) is 19.9 Å². The highest BCUT2D eigenvalue weighted by Crippen LogP contribution is 1.81. The molecule has 0 bridgehead atoms. The predicted octanol–water partition coefficient (Wildman–Crippen LogP) is 0.257. The molecule has 0 saturated heterocycles. The highest BCUT2D eigenvalue weighted by atomic mass is 32.2. The minimum atomic E-state index is -0.717. The van der Waals surface area contributed by atoms with Crippen LogP contribution in [0.3, 0.4) is 0 Å². The molecule has 3 nitrogen and oxygen atoms in total. The van der Waals surface area contributed by atoms with Crippen molar-refractivity contribution >= 4 is 10.8 Å². The van der Waals surface area contributed by atoms with Crippen LogP contribution in [-0.4, -0.2) is 28.3 Å². The van der Waals surface area contributed by atoms with Crippen LogP contribution in [0.25, 0.3) is 0 Å². The summed E-state index contributed by atoms with van der Waals surface area (Å²) in [7, 11) is -0.717. The second kappa shape index (κ2) is 6.32. The second-order valence-corrected chi connectivity index (χ2v) is 4.10. The molecule has 0 aromatic carbocycles. The molecule has 0 aliphatic rings. The molecule has 11 heavy (non-hydrogen) atoms. The van der Waals surface area contributed by atoms with Crippen molar-refractivity contribution in [2.24, 2.45) is 0 Å². The van der Waals surface area contributed by atoms with Crippen molar-refractivity contribution in [2.75, 3.05) is 18.1 Å². The van der Waals surface area contributed by atoms with Crippen molar-refractivity contribution < 1.29 is 4.21 Å². The standard InChI is InChI=1S/C7H14N2OS/c1-3-11(10)5-4-9-7(2)6-8/h7,9H,3-5H2,1-2H3. The maximum absolute atomic E-state index is 10.9. The van der Waals surface area contributed by atoms with E-state index in [2.05, 4.69) is 5.32 Å². The van der Waals surface area contributed by atoms with E-state index in [1.54, 1.807) is 6.92 Å². The third kappa shape index (κ3) is 6.02. The van der Waals surface area contributed by atoms with Crippen LogP contribution >= 0.6 is 0 Å². The van der Waals surface area contributed by atoms with Gasteiger partial charge in [-0.05, 0) is 6.92 Å². The number of nitriles is 1. The van der Waals surface area contributed by atoms with Crippen molar-refractivity contribution in [3.05, 3.63) is 0 Å². The van der Waals surface area contributed by atoms with Crippen LogP contribution in [0.1, 0.15) is 13.8 Å². The smallest absolute Gasteiger partial charge is 0.0924 e. The van der Waals surface area contributed by atoms with Crippen LogP contribution in [0.15, 0.2) is 0 Å². The van der Waals surface area contributed by atoms with Gasteiger partial charge >= 0.3 is 0 Å². The summed E-state index contributed by atoms with van der Waals surface area (Å²) >= 11 is 0. The average molecular weight is 174 g/mol. The van der Waals surface area contributed by atoms with Crippen molar-refractivity contribution in [1.29, 1.82) is 5.26 Å². The van der Waals surface area contributed by atoms with E-state index in [-0.39, 0.29) is 6.04 Å².